The Morgan fingerprint density at radius 1 is 1.44 bits per heavy atom. The monoisotopic (exact) mass is 224 g/mol. The fourth-order valence-electron chi connectivity index (χ4n) is 1.37. The highest BCUT2D eigenvalue weighted by Gasteiger charge is 2.13. The van der Waals surface area contributed by atoms with Crippen molar-refractivity contribution in [1.82, 2.24) is 4.90 Å². The molecule has 0 aliphatic heterocycles. The number of primary amides is 1. The second-order valence-electron chi connectivity index (χ2n) is 3.94. The van der Waals surface area contributed by atoms with E-state index in [1.807, 2.05) is 11.9 Å². The molecular formula is C12H17FN2O. The third-order valence-electron chi connectivity index (χ3n) is 2.74. The van der Waals surface area contributed by atoms with E-state index in [1.54, 1.807) is 19.1 Å². The van der Waals surface area contributed by atoms with E-state index in [0.717, 1.165) is 18.5 Å². The lowest BCUT2D eigenvalue weighted by atomic mass is 10.1. The first-order valence-corrected chi connectivity index (χ1v) is 5.24. The Morgan fingerprint density at radius 2 is 2.00 bits per heavy atom. The Hall–Kier alpha value is -1.42. The van der Waals surface area contributed by atoms with Crippen molar-refractivity contribution >= 4 is 5.91 Å². The molecule has 1 rings (SSSR count). The topological polar surface area (TPSA) is 46.3 Å². The molecular weight excluding hydrogens is 207 g/mol. The summed E-state index contributed by atoms with van der Waals surface area (Å²) < 4.78 is 12.6. The predicted molar refractivity (Wildman–Crippen MR) is 61.4 cm³/mol. The summed E-state index contributed by atoms with van der Waals surface area (Å²) in [5, 5.41) is 0. The number of amides is 1. The Balaban J connectivity index is 2.45. The summed E-state index contributed by atoms with van der Waals surface area (Å²) >= 11 is 0. The minimum atomic E-state index is -0.332. The number of halogens is 1. The molecule has 3 nitrogen and oxygen atoms in total. The maximum absolute atomic E-state index is 12.6. The van der Waals surface area contributed by atoms with Gasteiger partial charge in [-0.15, -0.1) is 0 Å². The molecule has 1 atom stereocenters. The van der Waals surface area contributed by atoms with Gasteiger partial charge in [0, 0.05) is 6.54 Å². The van der Waals surface area contributed by atoms with E-state index in [4.69, 9.17) is 5.73 Å². The smallest absolute Gasteiger partial charge is 0.234 e. The summed E-state index contributed by atoms with van der Waals surface area (Å²) in [6.45, 7) is 2.49. The molecule has 1 amide bonds. The quantitative estimate of drug-likeness (QED) is 0.816. The molecule has 0 saturated carbocycles. The van der Waals surface area contributed by atoms with Crippen LogP contribution in [0.1, 0.15) is 12.5 Å². The number of rotatable bonds is 5. The van der Waals surface area contributed by atoms with Crippen LogP contribution >= 0.6 is 0 Å². The normalized spacial score (nSPS) is 12.8. The molecule has 4 heteroatoms. The molecule has 0 saturated heterocycles. The Bertz CT molecular complexity index is 351. The van der Waals surface area contributed by atoms with Crippen LogP contribution in [0.3, 0.4) is 0 Å². The maximum Gasteiger partial charge on any atom is 0.234 e. The van der Waals surface area contributed by atoms with Crippen LogP contribution in [0.15, 0.2) is 24.3 Å². The molecule has 0 radical (unpaired) electrons. The van der Waals surface area contributed by atoms with Gasteiger partial charge in [0.2, 0.25) is 5.91 Å². The molecule has 0 aliphatic carbocycles. The summed E-state index contributed by atoms with van der Waals surface area (Å²) in [7, 11) is 1.85. The lowest BCUT2D eigenvalue weighted by Crippen LogP contribution is -2.41. The second kappa shape index (κ2) is 5.61. The number of benzene rings is 1. The largest absolute Gasteiger partial charge is 0.368 e. The molecule has 0 fully saturated rings. The van der Waals surface area contributed by atoms with E-state index in [9.17, 15) is 9.18 Å². The molecule has 0 spiro atoms. The standard InChI is InChI=1S/C12H17FN2O/c1-9(12(14)16)15(2)8-7-10-3-5-11(13)6-4-10/h3-6,9H,7-8H2,1-2H3,(H2,14,16)/t9-/m1/s1. The molecule has 0 bridgehead atoms. The molecule has 0 heterocycles. The van der Waals surface area contributed by atoms with Crippen molar-refractivity contribution in [2.24, 2.45) is 5.73 Å². The van der Waals surface area contributed by atoms with Crippen molar-refractivity contribution in [3.05, 3.63) is 35.6 Å². The van der Waals surface area contributed by atoms with Gasteiger partial charge in [0.1, 0.15) is 5.82 Å². The van der Waals surface area contributed by atoms with Crippen LogP contribution in [0.25, 0.3) is 0 Å². The number of carbonyl (C=O) groups excluding carboxylic acids is 1. The van der Waals surface area contributed by atoms with Gasteiger partial charge in [-0.3, -0.25) is 9.69 Å². The minimum Gasteiger partial charge on any atom is -0.368 e. The molecule has 0 unspecified atom stereocenters. The average Bonchev–Trinajstić information content (AvgIpc) is 2.26. The van der Waals surface area contributed by atoms with Crippen LogP contribution < -0.4 is 5.73 Å². The first-order chi connectivity index (χ1) is 7.50. The van der Waals surface area contributed by atoms with Crippen molar-refractivity contribution in [3.8, 4) is 0 Å². The van der Waals surface area contributed by atoms with Crippen LogP contribution in [0, 0.1) is 5.82 Å². The highest BCUT2D eigenvalue weighted by atomic mass is 19.1. The molecule has 1 aromatic carbocycles. The fraction of sp³-hybridized carbons (Fsp3) is 0.417. The van der Waals surface area contributed by atoms with Gasteiger partial charge < -0.3 is 5.73 Å². The van der Waals surface area contributed by atoms with Crippen LogP contribution in [0.5, 0.6) is 0 Å². The van der Waals surface area contributed by atoms with E-state index in [-0.39, 0.29) is 17.8 Å². The van der Waals surface area contributed by atoms with E-state index < -0.39 is 0 Å². The molecule has 0 aliphatic rings. The van der Waals surface area contributed by atoms with Gasteiger partial charge in [-0.1, -0.05) is 12.1 Å². The summed E-state index contributed by atoms with van der Waals surface area (Å²) in [6.07, 6.45) is 0.772. The minimum absolute atomic E-state index is 0.234. The van der Waals surface area contributed by atoms with Gasteiger partial charge in [-0.2, -0.15) is 0 Å². The SMILES string of the molecule is C[C@H](C(N)=O)N(C)CCc1ccc(F)cc1. The summed E-state index contributed by atoms with van der Waals surface area (Å²) in [6, 6.07) is 6.09. The maximum atomic E-state index is 12.6. The van der Waals surface area contributed by atoms with E-state index in [2.05, 4.69) is 0 Å². The van der Waals surface area contributed by atoms with Gasteiger partial charge in [0.15, 0.2) is 0 Å². The fourth-order valence-corrected chi connectivity index (χ4v) is 1.37. The number of nitrogens with two attached hydrogens (primary N) is 1. The van der Waals surface area contributed by atoms with E-state index in [1.165, 1.54) is 12.1 Å². The summed E-state index contributed by atoms with van der Waals surface area (Å²) in [4.78, 5) is 12.8. The number of hydrogen-bond donors (Lipinski definition) is 1. The molecule has 0 aromatic heterocycles. The highest BCUT2D eigenvalue weighted by molar-refractivity contribution is 5.79. The summed E-state index contributed by atoms with van der Waals surface area (Å²) in [5.74, 6) is -0.566. The first-order valence-electron chi connectivity index (χ1n) is 5.24. The van der Waals surface area contributed by atoms with Crippen molar-refractivity contribution < 1.29 is 9.18 Å². The van der Waals surface area contributed by atoms with Gasteiger partial charge in [-0.05, 0) is 38.1 Å². The summed E-state index contributed by atoms with van der Waals surface area (Å²) in [5.41, 5.74) is 6.24. The van der Waals surface area contributed by atoms with Crippen molar-refractivity contribution in [3.63, 3.8) is 0 Å². The van der Waals surface area contributed by atoms with Crippen LogP contribution in [0.4, 0.5) is 4.39 Å². The Kier molecular flexibility index (Phi) is 4.43. The van der Waals surface area contributed by atoms with Crippen LogP contribution in [-0.2, 0) is 11.2 Å². The molecule has 16 heavy (non-hydrogen) atoms. The van der Waals surface area contributed by atoms with Crippen LogP contribution in [-0.4, -0.2) is 30.4 Å². The Morgan fingerprint density at radius 3 is 2.50 bits per heavy atom. The molecule has 1 aromatic rings. The Labute approximate surface area is 95.0 Å². The number of nitrogens with zero attached hydrogens (tertiary/aromatic N) is 1. The lowest BCUT2D eigenvalue weighted by Gasteiger charge is -2.21. The third-order valence-corrected chi connectivity index (χ3v) is 2.74. The van der Waals surface area contributed by atoms with Gasteiger partial charge in [0.05, 0.1) is 6.04 Å². The number of likely N-dealkylation sites (N-methyl/N-ethyl adjacent to an activating group) is 1. The van der Waals surface area contributed by atoms with Gasteiger partial charge >= 0.3 is 0 Å². The predicted octanol–water partition coefficient (Wildman–Crippen LogP) is 1.17. The zero-order valence-electron chi connectivity index (χ0n) is 9.61. The zero-order valence-corrected chi connectivity index (χ0v) is 9.61. The van der Waals surface area contributed by atoms with Crippen molar-refractivity contribution in [2.45, 2.75) is 19.4 Å². The first kappa shape index (κ1) is 12.6. The number of hydrogen-bond acceptors (Lipinski definition) is 2. The van der Waals surface area contributed by atoms with Crippen LogP contribution in [0.2, 0.25) is 0 Å². The van der Waals surface area contributed by atoms with Crippen molar-refractivity contribution in [2.75, 3.05) is 13.6 Å². The van der Waals surface area contributed by atoms with Gasteiger partial charge in [-0.25, -0.2) is 4.39 Å². The zero-order chi connectivity index (χ0) is 12.1. The van der Waals surface area contributed by atoms with E-state index in [0.29, 0.717) is 0 Å². The molecule has 88 valence electrons. The van der Waals surface area contributed by atoms with Gasteiger partial charge in [0.25, 0.3) is 0 Å². The average molecular weight is 224 g/mol. The number of carbonyl (C=O) groups is 1. The second-order valence-corrected chi connectivity index (χ2v) is 3.94. The third kappa shape index (κ3) is 3.62. The molecule has 2 N–H and O–H groups in total. The highest BCUT2D eigenvalue weighted by Crippen LogP contribution is 2.05. The van der Waals surface area contributed by atoms with E-state index >= 15 is 0 Å². The van der Waals surface area contributed by atoms with Crippen molar-refractivity contribution in [1.29, 1.82) is 0 Å². The lowest BCUT2D eigenvalue weighted by molar-refractivity contribution is -0.122.